The standard InChI is InChI=1S/C35H67O2/c1-3-5-7-9-11-13-15-17-19-21-23-25-27-30-34(36)32-29-33-35(37)31-28-26-24-22-20-18-16-14-12-10-8-6-4-2/h29H,3-28,30-33H2,1-2H3. The first-order valence-electron chi connectivity index (χ1n) is 17.1. The van der Waals surface area contributed by atoms with E-state index in [-0.39, 0.29) is 0 Å². The summed E-state index contributed by atoms with van der Waals surface area (Å²) in [5, 5.41) is 0. The highest BCUT2D eigenvalue weighted by molar-refractivity contribution is 5.83. The molecular formula is C35H67O2. The minimum Gasteiger partial charge on any atom is -0.300 e. The molecule has 0 unspecified atom stereocenters. The van der Waals surface area contributed by atoms with E-state index in [4.69, 9.17) is 0 Å². The maximum Gasteiger partial charge on any atom is 0.133 e. The van der Waals surface area contributed by atoms with Gasteiger partial charge < -0.3 is 0 Å². The Bertz CT molecular complexity index is 428. The average Bonchev–Trinajstić information content (AvgIpc) is 2.89. The second-order valence-electron chi connectivity index (χ2n) is 11.8. The molecule has 0 spiro atoms. The van der Waals surface area contributed by atoms with Crippen molar-refractivity contribution in [2.45, 2.75) is 206 Å². The zero-order chi connectivity index (χ0) is 27.1. The quantitative estimate of drug-likeness (QED) is 0.0828. The highest BCUT2D eigenvalue weighted by Crippen LogP contribution is 2.15. The molecule has 2 nitrogen and oxygen atoms in total. The van der Waals surface area contributed by atoms with E-state index in [9.17, 15) is 9.59 Å². The van der Waals surface area contributed by atoms with Gasteiger partial charge in [-0.25, -0.2) is 0 Å². The second kappa shape index (κ2) is 31.6. The topological polar surface area (TPSA) is 34.1 Å². The number of ketones is 2. The molecule has 2 heteroatoms. The van der Waals surface area contributed by atoms with Crippen molar-refractivity contribution in [1.29, 1.82) is 0 Å². The van der Waals surface area contributed by atoms with Gasteiger partial charge in [0.15, 0.2) is 0 Å². The van der Waals surface area contributed by atoms with E-state index in [2.05, 4.69) is 13.8 Å². The smallest absolute Gasteiger partial charge is 0.133 e. The average molecular weight is 520 g/mol. The van der Waals surface area contributed by atoms with Crippen molar-refractivity contribution >= 4 is 11.6 Å². The lowest BCUT2D eigenvalue weighted by Gasteiger charge is -2.04. The maximum absolute atomic E-state index is 12.1. The summed E-state index contributed by atoms with van der Waals surface area (Å²) in [6.07, 6.45) is 39.0. The van der Waals surface area contributed by atoms with Crippen molar-refractivity contribution in [3.8, 4) is 0 Å². The van der Waals surface area contributed by atoms with Crippen LogP contribution in [-0.2, 0) is 9.59 Å². The monoisotopic (exact) mass is 520 g/mol. The molecule has 37 heavy (non-hydrogen) atoms. The van der Waals surface area contributed by atoms with E-state index in [1.54, 1.807) is 0 Å². The Labute approximate surface area is 233 Å². The maximum atomic E-state index is 12.1. The predicted molar refractivity (Wildman–Crippen MR) is 164 cm³/mol. The highest BCUT2D eigenvalue weighted by atomic mass is 16.1. The number of carbonyl (C=O) groups is 2. The first-order valence-corrected chi connectivity index (χ1v) is 17.1. The summed E-state index contributed by atoms with van der Waals surface area (Å²) >= 11 is 0. The normalized spacial score (nSPS) is 11.3. The first-order chi connectivity index (χ1) is 18.2. The Morgan fingerprint density at radius 2 is 0.568 bits per heavy atom. The summed E-state index contributed by atoms with van der Waals surface area (Å²) in [7, 11) is 0. The molecule has 0 aliphatic heterocycles. The van der Waals surface area contributed by atoms with Crippen LogP contribution in [0.4, 0.5) is 0 Å². The molecule has 0 N–H and O–H groups in total. The number of rotatable bonds is 32. The Balaban J connectivity index is 3.27. The third-order valence-corrected chi connectivity index (χ3v) is 7.86. The van der Waals surface area contributed by atoms with Crippen molar-refractivity contribution in [1.82, 2.24) is 0 Å². The molecule has 0 amide bonds. The molecule has 0 aromatic heterocycles. The van der Waals surface area contributed by atoms with E-state index in [1.807, 2.05) is 6.42 Å². The zero-order valence-electron chi connectivity index (χ0n) is 25.6. The minimum atomic E-state index is 0.317. The zero-order valence-corrected chi connectivity index (χ0v) is 25.6. The van der Waals surface area contributed by atoms with Gasteiger partial charge in [-0.1, -0.05) is 168 Å². The van der Waals surface area contributed by atoms with E-state index in [0.717, 1.165) is 12.8 Å². The van der Waals surface area contributed by atoms with Crippen LogP contribution in [0.15, 0.2) is 0 Å². The molecule has 0 atom stereocenters. The summed E-state index contributed by atoms with van der Waals surface area (Å²) in [6, 6.07) is 0. The van der Waals surface area contributed by atoms with Crippen LogP contribution in [0.2, 0.25) is 0 Å². The number of hydrogen-bond acceptors (Lipinski definition) is 2. The summed E-state index contributed by atoms with van der Waals surface area (Å²) in [6.45, 7) is 4.55. The Morgan fingerprint density at radius 3 is 0.811 bits per heavy atom. The van der Waals surface area contributed by atoms with Gasteiger partial charge in [0.25, 0.3) is 0 Å². The molecule has 0 saturated heterocycles. The second-order valence-corrected chi connectivity index (χ2v) is 11.8. The van der Waals surface area contributed by atoms with E-state index in [1.165, 1.54) is 154 Å². The summed E-state index contributed by atoms with van der Waals surface area (Å²) in [4.78, 5) is 24.1. The number of Topliss-reactive ketones (excluding diaryl/α,β-unsaturated/α-hetero) is 2. The van der Waals surface area contributed by atoms with Crippen LogP contribution < -0.4 is 0 Å². The van der Waals surface area contributed by atoms with Crippen LogP contribution in [0.25, 0.3) is 0 Å². The van der Waals surface area contributed by atoms with Crippen molar-refractivity contribution in [3.05, 3.63) is 6.42 Å². The molecule has 0 rings (SSSR count). The molecule has 0 aromatic carbocycles. The Kier molecular flexibility index (Phi) is 31.0. The van der Waals surface area contributed by atoms with Crippen LogP contribution in [0.5, 0.6) is 0 Å². The predicted octanol–water partition coefficient (Wildman–Crippen LogP) is 12.1. The molecule has 1 radical (unpaired) electrons. The van der Waals surface area contributed by atoms with Gasteiger partial charge in [-0.2, -0.15) is 0 Å². The fraction of sp³-hybridized carbons (Fsp3) is 0.914. The lowest BCUT2D eigenvalue weighted by atomic mass is 10.0. The molecule has 0 saturated carbocycles. The SMILES string of the molecule is CCCCCCCCCCCCCCCC(=O)C[CH]CC(=O)CCCCCCCCCCCCCCC. The van der Waals surface area contributed by atoms with Crippen molar-refractivity contribution in [2.24, 2.45) is 0 Å². The van der Waals surface area contributed by atoms with Gasteiger partial charge in [-0.3, -0.25) is 9.59 Å². The van der Waals surface area contributed by atoms with Gasteiger partial charge in [0.05, 0.1) is 0 Å². The summed E-state index contributed by atoms with van der Waals surface area (Å²) in [5.74, 6) is 0.633. The Hall–Kier alpha value is -0.660. The summed E-state index contributed by atoms with van der Waals surface area (Å²) < 4.78 is 0. The molecule has 0 heterocycles. The van der Waals surface area contributed by atoms with Gasteiger partial charge >= 0.3 is 0 Å². The third kappa shape index (κ3) is 31.5. The van der Waals surface area contributed by atoms with Crippen LogP contribution in [-0.4, -0.2) is 11.6 Å². The molecule has 0 bridgehead atoms. The molecule has 0 fully saturated rings. The van der Waals surface area contributed by atoms with Crippen LogP contribution in [0.1, 0.15) is 206 Å². The van der Waals surface area contributed by atoms with Crippen molar-refractivity contribution in [2.75, 3.05) is 0 Å². The fourth-order valence-electron chi connectivity index (χ4n) is 5.28. The molecule has 0 aliphatic carbocycles. The van der Waals surface area contributed by atoms with Gasteiger partial charge in [-0.05, 0) is 19.3 Å². The van der Waals surface area contributed by atoms with E-state index < -0.39 is 0 Å². The van der Waals surface area contributed by atoms with Gasteiger partial charge in [0.1, 0.15) is 11.6 Å². The van der Waals surface area contributed by atoms with Crippen molar-refractivity contribution < 1.29 is 9.59 Å². The number of hydrogen-bond donors (Lipinski definition) is 0. The molecular weight excluding hydrogens is 452 g/mol. The minimum absolute atomic E-state index is 0.317. The molecule has 0 aromatic rings. The van der Waals surface area contributed by atoms with Crippen LogP contribution >= 0.6 is 0 Å². The van der Waals surface area contributed by atoms with E-state index in [0.29, 0.717) is 37.2 Å². The lowest BCUT2D eigenvalue weighted by Crippen LogP contribution is -2.03. The van der Waals surface area contributed by atoms with Gasteiger partial charge in [-0.15, -0.1) is 0 Å². The lowest BCUT2D eigenvalue weighted by molar-refractivity contribution is -0.119. The number of unbranched alkanes of at least 4 members (excludes halogenated alkanes) is 24. The van der Waals surface area contributed by atoms with Crippen molar-refractivity contribution in [3.63, 3.8) is 0 Å². The highest BCUT2D eigenvalue weighted by Gasteiger charge is 2.06. The van der Waals surface area contributed by atoms with E-state index >= 15 is 0 Å². The van der Waals surface area contributed by atoms with Crippen LogP contribution in [0, 0.1) is 6.42 Å². The molecule has 219 valence electrons. The van der Waals surface area contributed by atoms with Crippen LogP contribution in [0.3, 0.4) is 0 Å². The summed E-state index contributed by atoms with van der Waals surface area (Å²) in [5.41, 5.74) is 0. The fourth-order valence-corrected chi connectivity index (χ4v) is 5.28. The van der Waals surface area contributed by atoms with Gasteiger partial charge in [0, 0.05) is 25.7 Å². The number of carbonyl (C=O) groups excluding carboxylic acids is 2. The third-order valence-electron chi connectivity index (χ3n) is 7.86. The van der Waals surface area contributed by atoms with Gasteiger partial charge in [0.2, 0.25) is 0 Å². The largest absolute Gasteiger partial charge is 0.300 e. The first kappa shape index (κ1) is 36.3. The molecule has 0 aliphatic rings. The Morgan fingerprint density at radius 1 is 0.351 bits per heavy atom.